The summed E-state index contributed by atoms with van der Waals surface area (Å²) in [7, 11) is 2.03. The number of nitrogens with zero attached hydrogens (tertiary/aromatic N) is 3. The van der Waals surface area contributed by atoms with Gasteiger partial charge in [-0.2, -0.15) is 0 Å². The monoisotopic (exact) mass is 561 g/mol. The third-order valence-corrected chi connectivity index (χ3v) is 10.1. The van der Waals surface area contributed by atoms with Crippen LogP contribution in [0.25, 0.3) is 16.5 Å². The van der Waals surface area contributed by atoms with Crippen LogP contribution in [-0.4, -0.2) is 92.4 Å². The van der Waals surface area contributed by atoms with Crippen molar-refractivity contribution in [3.63, 3.8) is 0 Å². The van der Waals surface area contributed by atoms with Crippen molar-refractivity contribution in [2.24, 2.45) is 17.8 Å². The number of piperazine rings is 1. The maximum Gasteiger partial charge on any atom is 0.281 e. The number of rotatable bonds is 4. The average Bonchev–Trinajstić information content (AvgIpc) is 3.64. The summed E-state index contributed by atoms with van der Waals surface area (Å²) >= 11 is 0. The number of aliphatic hydroxyl groups is 1. The van der Waals surface area contributed by atoms with Crippen LogP contribution in [0, 0.1) is 17.8 Å². The highest BCUT2D eigenvalue weighted by Crippen LogP contribution is 2.49. The summed E-state index contributed by atoms with van der Waals surface area (Å²) in [4.78, 5) is 50.4. The summed E-state index contributed by atoms with van der Waals surface area (Å²) in [5, 5.41) is 16.2. The number of hydrogen-bond acceptors (Lipinski definition) is 6. The van der Waals surface area contributed by atoms with Gasteiger partial charge in [0.1, 0.15) is 12.1 Å². The van der Waals surface area contributed by atoms with Crippen molar-refractivity contribution in [2.75, 3.05) is 20.1 Å². The number of nitrogens with one attached hydrogen (secondary N) is 2. The van der Waals surface area contributed by atoms with Crippen LogP contribution in [0.5, 0.6) is 0 Å². The standard InChI is InChI=1S/C31H39N5O5/c1-16(2)26-28(38)35-11-7-10-24(35)31(40)36(26)29(39)30(41-31,17(3)4)33-27(37)19-12-21-20-8-6-9-22-25(20)18(14-32-22)13-23(21)34(5)15-19/h6,8-9,12,14,16-17,19,23-24,26,32,40H,7,10-11,13,15H2,1-5H3,(H,33,37)/t19-,23+,24-,26+,30+,31-/m1/s1. The lowest BCUT2D eigenvalue weighted by molar-refractivity contribution is -0.323. The molecule has 5 aliphatic rings. The van der Waals surface area contributed by atoms with Crippen LogP contribution < -0.4 is 5.32 Å². The molecule has 10 heteroatoms. The van der Waals surface area contributed by atoms with Crippen molar-refractivity contribution in [3.05, 3.63) is 41.6 Å². The first kappa shape index (κ1) is 26.7. The zero-order chi connectivity index (χ0) is 29.0. The number of carbonyl (C=O) groups is 3. The molecule has 3 fully saturated rings. The van der Waals surface area contributed by atoms with Gasteiger partial charge in [-0.05, 0) is 55.0 Å². The predicted molar refractivity (Wildman–Crippen MR) is 152 cm³/mol. The van der Waals surface area contributed by atoms with Gasteiger partial charge in [-0.25, -0.2) is 0 Å². The number of aromatic nitrogens is 1. The number of amides is 3. The summed E-state index contributed by atoms with van der Waals surface area (Å²) in [5.41, 5.74) is 2.78. The Labute approximate surface area is 239 Å². The van der Waals surface area contributed by atoms with Crippen LogP contribution >= 0.6 is 0 Å². The molecule has 7 rings (SSSR count). The van der Waals surface area contributed by atoms with Crippen molar-refractivity contribution in [3.8, 4) is 0 Å². The minimum atomic E-state index is -2.01. The smallest absolute Gasteiger partial charge is 0.281 e. The number of ether oxygens (including phenoxy) is 1. The number of H-pyrrole nitrogens is 1. The highest BCUT2D eigenvalue weighted by molar-refractivity contribution is 6.01. The van der Waals surface area contributed by atoms with Gasteiger partial charge in [0.25, 0.3) is 11.8 Å². The number of likely N-dealkylation sites (N-methyl/N-ethyl adjacent to an activating group) is 1. The van der Waals surface area contributed by atoms with Crippen LogP contribution in [0.2, 0.25) is 0 Å². The molecule has 0 radical (unpaired) electrons. The Bertz CT molecular complexity index is 1500. The van der Waals surface area contributed by atoms with Crippen molar-refractivity contribution in [1.82, 2.24) is 25.0 Å². The number of benzene rings is 1. The molecule has 41 heavy (non-hydrogen) atoms. The summed E-state index contributed by atoms with van der Waals surface area (Å²) in [6, 6.07) is 4.80. The minimum absolute atomic E-state index is 0.150. The van der Waals surface area contributed by atoms with Gasteiger partial charge in [0.2, 0.25) is 17.5 Å². The Hall–Kier alpha value is -3.21. The fourth-order valence-corrected chi connectivity index (χ4v) is 7.97. The molecular weight excluding hydrogens is 522 g/mol. The summed E-state index contributed by atoms with van der Waals surface area (Å²) in [6.07, 6.45) is 6.21. The van der Waals surface area contributed by atoms with Crippen LogP contribution in [0.4, 0.5) is 0 Å². The Morgan fingerprint density at radius 1 is 1.22 bits per heavy atom. The Morgan fingerprint density at radius 2 is 2.00 bits per heavy atom. The molecule has 0 saturated carbocycles. The third-order valence-electron chi connectivity index (χ3n) is 10.1. The Morgan fingerprint density at radius 3 is 2.73 bits per heavy atom. The van der Waals surface area contributed by atoms with E-state index in [4.69, 9.17) is 4.74 Å². The first-order chi connectivity index (χ1) is 19.5. The van der Waals surface area contributed by atoms with E-state index in [9.17, 15) is 19.5 Å². The maximum atomic E-state index is 14.3. The molecular formula is C31H39N5O5. The predicted octanol–water partition coefficient (Wildman–Crippen LogP) is 2.04. The van der Waals surface area contributed by atoms with Crippen molar-refractivity contribution >= 4 is 34.2 Å². The molecule has 5 heterocycles. The second-order valence-electron chi connectivity index (χ2n) is 13.1. The maximum absolute atomic E-state index is 14.3. The largest absolute Gasteiger partial charge is 0.361 e. The van der Waals surface area contributed by atoms with Gasteiger partial charge in [-0.15, -0.1) is 0 Å². The van der Waals surface area contributed by atoms with E-state index in [-0.39, 0.29) is 23.8 Å². The van der Waals surface area contributed by atoms with Crippen molar-refractivity contribution in [2.45, 2.75) is 76.7 Å². The van der Waals surface area contributed by atoms with Gasteiger partial charge >= 0.3 is 0 Å². The molecule has 0 unspecified atom stereocenters. The SMILES string of the molecule is CC(C)[C@H]1C(=O)N2CCC[C@@H]2[C@@]2(O)O[C@@](NC(=O)[C@@H]3C=C4c5cccc6[nH]cc(c56)C[C@@H]4N(C)C3)(C(C)C)C(=O)N12. The highest BCUT2D eigenvalue weighted by atomic mass is 16.7. The summed E-state index contributed by atoms with van der Waals surface area (Å²) in [5.74, 6) is -4.36. The molecule has 0 bridgehead atoms. The number of hydrogen-bond donors (Lipinski definition) is 3. The molecule has 10 nitrogen and oxygen atoms in total. The topological polar surface area (TPSA) is 118 Å². The molecule has 1 aromatic heterocycles. The first-order valence-corrected chi connectivity index (χ1v) is 14.9. The number of aromatic amines is 1. The van der Waals surface area contributed by atoms with Gasteiger partial charge in [0, 0.05) is 42.1 Å². The van der Waals surface area contributed by atoms with Crippen LogP contribution in [-0.2, 0) is 25.5 Å². The van der Waals surface area contributed by atoms with Gasteiger partial charge in [-0.3, -0.25) is 28.9 Å². The van der Waals surface area contributed by atoms with Gasteiger partial charge in [0.15, 0.2) is 0 Å². The molecule has 3 amide bonds. The number of fused-ring (bicyclic) bond motifs is 5. The first-order valence-electron chi connectivity index (χ1n) is 14.9. The molecule has 1 aliphatic carbocycles. The molecule has 0 spiro atoms. The van der Waals surface area contributed by atoms with Crippen molar-refractivity contribution in [1.29, 1.82) is 0 Å². The van der Waals surface area contributed by atoms with E-state index in [0.29, 0.717) is 25.9 Å². The van der Waals surface area contributed by atoms with Crippen LogP contribution in [0.3, 0.4) is 0 Å². The second-order valence-corrected chi connectivity index (χ2v) is 13.1. The van der Waals surface area contributed by atoms with E-state index in [1.54, 1.807) is 18.7 Å². The minimum Gasteiger partial charge on any atom is -0.361 e. The fraction of sp³-hybridized carbons (Fsp3) is 0.581. The third kappa shape index (κ3) is 3.50. The zero-order valence-electron chi connectivity index (χ0n) is 24.3. The molecule has 218 valence electrons. The fourth-order valence-electron chi connectivity index (χ4n) is 7.97. The van der Waals surface area contributed by atoms with E-state index in [0.717, 1.165) is 23.1 Å². The van der Waals surface area contributed by atoms with E-state index < -0.39 is 41.5 Å². The zero-order valence-corrected chi connectivity index (χ0v) is 24.3. The second kappa shape index (κ2) is 8.89. The van der Waals surface area contributed by atoms with E-state index in [1.165, 1.54) is 15.8 Å². The van der Waals surface area contributed by atoms with E-state index >= 15 is 0 Å². The lowest BCUT2D eigenvalue weighted by atomic mass is 9.79. The van der Waals surface area contributed by atoms with Gasteiger partial charge < -0.3 is 20.3 Å². The van der Waals surface area contributed by atoms with Crippen LogP contribution in [0.15, 0.2) is 30.5 Å². The van der Waals surface area contributed by atoms with E-state index in [2.05, 4.69) is 33.5 Å². The average molecular weight is 562 g/mol. The normalized spacial score (nSPS) is 34.8. The van der Waals surface area contributed by atoms with E-state index in [1.807, 2.05) is 33.0 Å². The van der Waals surface area contributed by atoms with Gasteiger partial charge in [0.05, 0.1) is 5.92 Å². The number of carbonyl (C=O) groups excluding carboxylic acids is 3. The summed E-state index contributed by atoms with van der Waals surface area (Å²) in [6.45, 7) is 8.32. The highest BCUT2D eigenvalue weighted by Gasteiger charge is 2.72. The Kier molecular flexibility index (Phi) is 5.79. The molecule has 3 saturated heterocycles. The molecule has 3 N–H and O–H groups in total. The molecule has 4 aliphatic heterocycles. The van der Waals surface area contributed by atoms with Gasteiger partial charge in [-0.1, -0.05) is 45.9 Å². The summed E-state index contributed by atoms with van der Waals surface area (Å²) < 4.78 is 6.40. The molecule has 6 atom stereocenters. The van der Waals surface area contributed by atoms with Crippen LogP contribution in [0.1, 0.15) is 51.7 Å². The lowest BCUT2D eigenvalue weighted by Crippen LogP contribution is -2.72. The lowest BCUT2D eigenvalue weighted by Gasteiger charge is -2.49. The molecule has 1 aromatic carbocycles. The molecule has 2 aromatic rings. The quantitative estimate of drug-likeness (QED) is 0.526. The van der Waals surface area contributed by atoms with Crippen molar-refractivity contribution < 1.29 is 24.2 Å². The Balaban J connectivity index is 1.25.